The lowest BCUT2D eigenvalue weighted by atomic mass is 9.83. The molecular formula is C17H20O4. The molecule has 0 radical (unpaired) electrons. The van der Waals surface area contributed by atoms with Gasteiger partial charge in [0, 0.05) is 24.2 Å². The molecule has 0 spiro atoms. The average molecular weight is 288 g/mol. The summed E-state index contributed by atoms with van der Waals surface area (Å²) < 4.78 is 16.9. The van der Waals surface area contributed by atoms with Crippen molar-refractivity contribution in [2.45, 2.75) is 32.5 Å². The standard InChI is InChI=1S/C17H20O4/c1-3-19-15-9-12-11-7-5-6-8-14(11)21-16(12)10-13(15)17(18)20-4-2/h5-9,13,15-16H,3-4,10H2,1-2H3/t13?,15-,16-/m1/s1. The van der Waals surface area contributed by atoms with E-state index in [-0.39, 0.29) is 24.1 Å². The Bertz CT molecular complexity index is 564. The Labute approximate surface area is 124 Å². The van der Waals surface area contributed by atoms with Gasteiger partial charge in [-0.25, -0.2) is 0 Å². The second-order valence-corrected chi connectivity index (χ2v) is 5.24. The van der Waals surface area contributed by atoms with Gasteiger partial charge in [0.15, 0.2) is 0 Å². The van der Waals surface area contributed by atoms with E-state index in [2.05, 4.69) is 6.07 Å². The Balaban J connectivity index is 1.90. The van der Waals surface area contributed by atoms with Crippen LogP contribution in [-0.4, -0.2) is 31.4 Å². The summed E-state index contributed by atoms with van der Waals surface area (Å²) in [6.45, 7) is 4.71. The van der Waals surface area contributed by atoms with Crippen LogP contribution in [0.25, 0.3) is 5.57 Å². The zero-order valence-corrected chi connectivity index (χ0v) is 12.4. The van der Waals surface area contributed by atoms with Crippen molar-refractivity contribution in [2.24, 2.45) is 5.92 Å². The maximum Gasteiger partial charge on any atom is 0.312 e. The second kappa shape index (κ2) is 5.90. The van der Waals surface area contributed by atoms with Crippen LogP contribution >= 0.6 is 0 Å². The molecule has 1 aromatic carbocycles. The van der Waals surface area contributed by atoms with Crippen LogP contribution in [0.2, 0.25) is 0 Å². The van der Waals surface area contributed by atoms with Crippen LogP contribution in [-0.2, 0) is 14.3 Å². The number of carbonyl (C=O) groups excluding carboxylic acids is 1. The van der Waals surface area contributed by atoms with E-state index in [4.69, 9.17) is 14.2 Å². The summed E-state index contributed by atoms with van der Waals surface area (Å²) in [7, 11) is 0. The van der Waals surface area contributed by atoms with Crippen molar-refractivity contribution < 1.29 is 19.0 Å². The summed E-state index contributed by atoms with van der Waals surface area (Å²) >= 11 is 0. The number of benzene rings is 1. The number of ether oxygens (including phenoxy) is 3. The topological polar surface area (TPSA) is 44.8 Å². The number of hydrogen-bond donors (Lipinski definition) is 0. The minimum Gasteiger partial charge on any atom is -0.485 e. The molecule has 0 amide bonds. The molecular weight excluding hydrogens is 268 g/mol. The minimum absolute atomic E-state index is 0.0755. The summed E-state index contributed by atoms with van der Waals surface area (Å²) in [6, 6.07) is 7.97. The van der Waals surface area contributed by atoms with Crippen molar-refractivity contribution in [3.63, 3.8) is 0 Å². The predicted molar refractivity (Wildman–Crippen MR) is 79.0 cm³/mol. The summed E-state index contributed by atoms with van der Waals surface area (Å²) in [5, 5.41) is 0. The fraction of sp³-hybridized carbons (Fsp3) is 0.471. The van der Waals surface area contributed by atoms with Crippen LogP contribution in [0.4, 0.5) is 0 Å². The lowest BCUT2D eigenvalue weighted by molar-refractivity contribution is -0.153. The van der Waals surface area contributed by atoms with Crippen LogP contribution in [0.1, 0.15) is 25.8 Å². The third-order valence-electron chi connectivity index (χ3n) is 3.97. The Morgan fingerprint density at radius 3 is 2.86 bits per heavy atom. The molecule has 1 heterocycles. The molecule has 1 unspecified atom stereocenters. The van der Waals surface area contributed by atoms with Crippen molar-refractivity contribution in [3.05, 3.63) is 35.9 Å². The van der Waals surface area contributed by atoms with Crippen LogP contribution in [0.15, 0.2) is 30.3 Å². The van der Waals surface area contributed by atoms with Crippen LogP contribution < -0.4 is 4.74 Å². The molecule has 112 valence electrons. The summed E-state index contributed by atoms with van der Waals surface area (Å²) in [4.78, 5) is 12.2. The zero-order valence-electron chi connectivity index (χ0n) is 12.4. The first kappa shape index (κ1) is 14.1. The van der Waals surface area contributed by atoms with Gasteiger partial charge in [-0.15, -0.1) is 0 Å². The Kier molecular flexibility index (Phi) is 3.97. The van der Waals surface area contributed by atoms with Crippen LogP contribution in [0, 0.1) is 5.92 Å². The fourth-order valence-electron chi connectivity index (χ4n) is 3.06. The first-order valence-corrected chi connectivity index (χ1v) is 7.50. The van der Waals surface area contributed by atoms with Gasteiger partial charge in [0.1, 0.15) is 11.9 Å². The van der Waals surface area contributed by atoms with Crippen molar-refractivity contribution in [1.29, 1.82) is 0 Å². The van der Waals surface area contributed by atoms with Crippen molar-refractivity contribution in [2.75, 3.05) is 13.2 Å². The minimum atomic E-state index is -0.298. The SMILES string of the molecule is CCOC(=O)C1C[C@H]2Oc3ccccc3C2=C[C@H]1OCC. The summed E-state index contributed by atoms with van der Waals surface area (Å²) in [6.07, 6.45) is 2.32. The number of para-hydroxylation sites is 1. The third-order valence-corrected chi connectivity index (χ3v) is 3.97. The monoisotopic (exact) mass is 288 g/mol. The Hall–Kier alpha value is -1.81. The molecule has 4 heteroatoms. The molecule has 3 atom stereocenters. The van der Waals surface area contributed by atoms with Gasteiger partial charge >= 0.3 is 5.97 Å². The molecule has 0 aromatic heterocycles. The van der Waals surface area contributed by atoms with Crippen molar-refractivity contribution in [1.82, 2.24) is 0 Å². The Morgan fingerprint density at radius 1 is 1.29 bits per heavy atom. The van der Waals surface area contributed by atoms with Gasteiger partial charge in [0.05, 0.1) is 18.6 Å². The number of esters is 1. The number of hydrogen-bond acceptors (Lipinski definition) is 4. The van der Waals surface area contributed by atoms with E-state index in [1.165, 1.54) is 0 Å². The molecule has 0 bridgehead atoms. The van der Waals surface area contributed by atoms with E-state index in [1.54, 1.807) is 0 Å². The predicted octanol–water partition coefficient (Wildman–Crippen LogP) is 2.82. The maximum atomic E-state index is 12.2. The van der Waals surface area contributed by atoms with Gasteiger partial charge in [-0.3, -0.25) is 4.79 Å². The zero-order chi connectivity index (χ0) is 14.8. The van der Waals surface area contributed by atoms with E-state index < -0.39 is 0 Å². The molecule has 1 aromatic rings. The first-order chi connectivity index (χ1) is 10.2. The molecule has 21 heavy (non-hydrogen) atoms. The molecule has 0 saturated heterocycles. The highest BCUT2D eigenvalue weighted by Gasteiger charge is 2.41. The lowest BCUT2D eigenvalue weighted by Gasteiger charge is -2.30. The van der Waals surface area contributed by atoms with Gasteiger partial charge in [-0.2, -0.15) is 0 Å². The highest BCUT2D eigenvalue weighted by Crippen LogP contribution is 2.43. The van der Waals surface area contributed by atoms with Crippen molar-refractivity contribution in [3.8, 4) is 5.75 Å². The van der Waals surface area contributed by atoms with Gasteiger partial charge in [0.25, 0.3) is 0 Å². The molecule has 1 aliphatic heterocycles. The van der Waals surface area contributed by atoms with Crippen molar-refractivity contribution >= 4 is 11.5 Å². The van der Waals surface area contributed by atoms with E-state index in [0.29, 0.717) is 19.6 Å². The second-order valence-electron chi connectivity index (χ2n) is 5.24. The van der Waals surface area contributed by atoms with Gasteiger partial charge in [0.2, 0.25) is 0 Å². The van der Waals surface area contributed by atoms with Crippen LogP contribution in [0.3, 0.4) is 0 Å². The molecule has 1 aliphatic carbocycles. The molecule has 2 aliphatic rings. The van der Waals surface area contributed by atoms with E-state index in [0.717, 1.165) is 16.9 Å². The highest BCUT2D eigenvalue weighted by atomic mass is 16.5. The largest absolute Gasteiger partial charge is 0.485 e. The summed E-state index contributed by atoms with van der Waals surface area (Å²) in [5.74, 6) is 0.382. The molecule has 0 N–H and O–H groups in total. The molecule has 3 rings (SSSR count). The van der Waals surface area contributed by atoms with Gasteiger partial charge in [-0.05, 0) is 26.0 Å². The number of fused-ring (bicyclic) bond motifs is 3. The normalized spacial score (nSPS) is 26.4. The van der Waals surface area contributed by atoms with E-state index in [9.17, 15) is 4.79 Å². The summed E-state index contributed by atoms with van der Waals surface area (Å²) in [5.41, 5.74) is 2.24. The molecule has 0 saturated carbocycles. The lowest BCUT2D eigenvalue weighted by Crippen LogP contribution is -2.38. The number of carbonyl (C=O) groups is 1. The van der Waals surface area contributed by atoms with Gasteiger partial charge < -0.3 is 14.2 Å². The number of rotatable bonds is 4. The molecule has 4 nitrogen and oxygen atoms in total. The maximum absolute atomic E-state index is 12.2. The Morgan fingerprint density at radius 2 is 2.10 bits per heavy atom. The van der Waals surface area contributed by atoms with Gasteiger partial charge in [-0.1, -0.05) is 18.2 Å². The van der Waals surface area contributed by atoms with Crippen LogP contribution in [0.5, 0.6) is 5.75 Å². The smallest absolute Gasteiger partial charge is 0.312 e. The highest BCUT2D eigenvalue weighted by molar-refractivity contribution is 5.82. The first-order valence-electron chi connectivity index (χ1n) is 7.50. The average Bonchev–Trinajstić information content (AvgIpc) is 2.85. The van der Waals surface area contributed by atoms with E-state index >= 15 is 0 Å². The quantitative estimate of drug-likeness (QED) is 0.799. The van der Waals surface area contributed by atoms with E-state index in [1.807, 2.05) is 38.1 Å². The fourth-order valence-corrected chi connectivity index (χ4v) is 3.06. The third kappa shape index (κ3) is 2.56. The molecule has 0 fully saturated rings.